The van der Waals surface area contributed by atoms with Crippen LogP contribution in [0.3, 0.4) is 0 Å². The third-order valence-corrected chi connectivity index (χ3v) is 7.11. The minimum atomic E-state index is -1.07. The summed E-state index contributed by atoms with van der Waals surface area (Å²) in [5.41, 5.74) is 2.63. The van der Waals surface area contributed by atoms with Gasteiger partial charge in [0.1, 0.15) is 6.17 Å². The second kappa shape index (κ2) is 10.3. The van der Waals surface area contributed by atoms with Gasteiger partial charge in [0.05, 0.1) is 18.6 Å². The first-order valence-corrected chi connectivity index (χ1v) is 11.7. The average molecular weight is 424 g/mol. The van der Waals surface area contributed by atoms with E-state index in [0.717, 1.165) is 12.8 Å². The van der Waals surface area contributed by atoms with Gasteiger partial charge in [-0.15, -0.1) is 0 Å². The fourth-order valence-corrected chi connectivity index (χ4v) is 5.89. The van der Waals surface area contributed by atoms with Crippen molar-refractivity contribution in [3.63, 3.8) is 0 Å². The number of aliphatic carboxylic acids is 1. The Kier molecular flexibility index (Phi) is 7.97. The van der Waals surface area contributed by atoms with Gasteiger partial charge in [-0.2, -0.15) is 0 Å². The third-order valence-electron chi connectivity index (χ3n) is 7.11. The Hall–Kier alpha value is -1.40. The quantitative estimate of drug-likeness (QED) is 0.545. The average Bonchev–Trinajstić information content (AvgIpc) is 3.00. The van der Waals surface area contributed by atoms with E-state index in [1.807, 2.05) is 6.08 Å². The van der Waals surface area contributed by atoms with Gasteiger partial charge in [-0.1, -0.05) is 18.9 Å². The molecule has 3 N–H and O–H groups in total. The van der Waals surface area contributed by atoms with E-state index in [4.69, 9.17) is 5.11 Å². The van der Waals surface area contributed by atoms with Crippen LogP contribution in [0.4, 0.5) is 4.39 Å². The molecular formula is C24H38FNO4. The van der Waals surface area contributed by atoms with Crippen LogP contribution in [-0.2, 0) is 4.79 Å². The zero-order chi connectivity index (χ0) is 21.8. The van der Waals surface area contributed by atoms with Crippen molar-refractivity contribution in [3.05, 3.63) is 23.4 Å². The van der Waals surface area contributed by atoms with Crippen LogP contribution < -0.4 is 0 Å². The molecule has 0 amide bonds. The summed E-state index contributed by atoms with van der Waals surface area (Å²) >= 11 is 0. The predicted molar refractivity (Wildman–Crippen MR) is 115 cm³/mol. The van der Waals surface area contributed by atoms with Gasteiger partial charge in [-0.05, 0) is 69.9 Å². The van der Waals surface area contributed by atoms with Crippen LogP contribution in [0.5, 0.6) is 0 Å². The number of allylic oxidation sites excluding steroid dienone is 1. The van der Waals surface area contributed by atoms with E-state index in [2.05, 4.69) is 18.7 Å². The third kappa shape index (κ3) is 5.44. The van der Waals surface area contributed by atoms with Gasteiger partial charge >= 0.3 is 5.97 Å². The van der Waals surface area contributed by atoms with Crippen LogP contribution in [0.2, 0.25) is 0 Å². The number of hydrogen-bond donors (Lipinski definition) is 3. The summed E-state index contributed by atoms with van der Waals surface area (Å²) in [5.74, 6) is -0.157. The van der Waals surface area contributed by atoms with E-state index in [1.54, 1.807) is 6.08 Å². The van der Waals surface area contributed by atoms with Crippen LogP contribution in [0, 0.1) is 11.8 Å². The Morgan fingerprint density at radius 3 is 2.43 bits per heavy atom. The number of carboxylic acid groups (broad SMARTS) is 1. The summed E-state index contributed by atoms with van der Waals surface area (Å²) < 4.78 is 13.8. The van der Waals surface area contributed by atoms with Gasteiger partial charge in [0.25, 0.3) is 0 Å². The first-order chi connectivity index (χ1) is 14.3. The van der Waals surface area contributed by atoms with Gasteiger partial charge < -0.3 is 20.2 Å². The van der Waals surface area contributed by atoms with Crippen LogP contribution >= 0.6 is 0 Å². The molecule has 2 fully saturated rings. The Balaban J connectivity index is 1.85. The first-order valence-electron chi connectivity index (χ1n) is 11.7. The number of alkyl halides is 1. The largest absolute Gasteiger partial charge is 0.481 e. The number of fused-ring (bicyclic) bond motifs is 1. The molecule has 3 rings (SSSR count). The Morgan fingerprint density at radius 1 is 1.13 bits per heavy atom. The summed E-state index contributed by atoms with van der Waals surface area (Å²) in [6.45, 7) is 4.40. The molecule has 0 bridgehead atoms. The zero-order valence-corrected chi connectivity index (χ0v) is 18.3. The second-order valence-electron chi connectivity index (χ2n) is 9.66. The van der Waals surface area contributed by atoms with Crippen molar-refractivity contribution in [2.24, 2.45) is 11.8 Å². The number of aliphatic hydroxyl groups is 2. The zero-order valence-electron chi connectivity index (χ0n) is 18.3. The SMILES string of the molecule is CC(C)N1C(/C=C/C(O)C[C@@H](O)CC(=O)O)=C(C2CCC(F)CC2)C2CCCCC21. The molecule has 0 aromatic rings. The van der Waals surface area contributed by atoms with Crippen molar-refractivity contribution < 1.29 is 24.5 Å². The molecule has 30 heavy (non-hydrogen) atoms. The molecule has 0 spiro atoms. The molecule has 5 nitrogen and oxygen atoms in total. The molecule has 2 aliphatic carbocycles. The lowest BCUT2D eigenvalue weighted by Gasteiger charge is -2.38. The van der Waals surface area contributed by atoms with E-state index in [-0.39, 0.29) is 12.8 Å². The molecule has 1 aliphatic heterocycles. The molecule has 0 saturated heterocycles. The normalized spacial score (nSPS) is 32.0. The van der Waals surface area contributed by atoms with Crippen molar-refractivity contribution in [1.82, 2.24) is 4.90 Å². The van der Waals surface area contributed by atoms with Crippen molar-refractivity contribution in [1.29, 1.82) is 0 Å². The smallest absolute Gasteiger partial charge is 0.305 e. The molecule has 0 radical (unpaired) electrons. The fourth-order valence-electron chi connectivity index (χ4n) is 5.89. The number of hydrogen-bond acceptors (Lipinski definition) is 4. The van der Waals surface area contributed by atoms with Crippen molar-refractivity contribution in [2.75, 3.05) is 0 Å². The number of carboxylic acids is 1. The molecule has 3 aliphatic rings. The minimum Gasteiger partial charge on any atom is -0.481 e. The number of aliphatic hydroxyl groups excluding tert-OH is 2. The molecule has 0 aromatic heterocycles. The summed E-state index contributed by atoms with van der Waals surface area (Å²) in [6, 6.07) is 0.811. The van der Waals surface area contributed by atoms with Gasteiger partial charge in [0.15, 0.2) is 0 Å². The van der Waals surface area contributed by atoms with Gasteiger partial charge in [-0.3, -0.25) is 4.79 Å². The molecular weight excluding hydrogens is 385 g/mol. The molecule has 170 valence electrons. The lowest BCUT2D eigenvalue weighted by molar-refractivity contribution is -0.139. The topological polar surface area (TPSA) is 81.0 Å². The number of rotatable bonds is 8. The maximum atomic E-state index is 13.8. The highest BCUT2D eigenvalue weighted by Crippen LogP contribution is 2.49. The lowest BCUT2D eigenvalue weighted by atomic mass is 9.73. The van der Waals surface area contributed by atoms with Crippen LogP contribution in [0.1, 0.15) is 78.1 Å². The summed E-state index contributed by atoms with van der Waals surface area (Å²) in [4.78, 5) is 13.3. The Labute approximate surface area is 179 Å². The van der Waals surface area contributed by atoms with E-state index in [0.29, 0.717) is 36.8 Å². The fraction of sp³-hybridized carbons (Fsp3) is 0.792. The number of carbonyl (C=O) groups is 1. The Morgan fingerprint density at radius 2 is 1.80 bits per heavy atom. The highest BCUT2D eigenvalue weighted by atomic mass is 19.1. The predicted octanol–water partition coefficient (Wildman–Crippen LogP) is 4.19. The molecule has 6 heteroatoms. The summed E-state index contributed by atoms with van der Waals surface area (Å²) in [7, 11) is 0. The summed E-state index contributed by atoms with van der Waals surface area (Å²) in [6.07, 6.45) is 8.55. The number of nitrogens with zero attached hydrogens (tertiary/aromatic N) is 1. The second-order valence-corrected chi connectivity index (χ2v) is 9.66. The molecule has 2 saturated carbocycles. The molecule has 1 heterocycles. The van der Waals surface area contributed by atoms with Gasteiger partial charge in [-0.25, -0.2) is 4.39 Å². The Bertz CT molecular complexity index is 654. The van der Waals surface area contributed by atoms with Gasteiger partial charge in [0, 0.05) is 30.1 Å². The van der Waals surface area contributed by atoms with Crippen LogP contribution in [0.25, 0.3) is 0 Å². The number of halogens is 1. The van der Waals surface area contributed by atoms with Gasteiger partial charge in [0.2, 0.25) is 0 Å². The van der Waals surface area contributed by atoms with Crippen LogP contribution in [-0.4, -0.2) is 56.7 Å². The highest BCUT2D eigenvalue weighted by molar-refractivity contribution is 5.67. The van der Waals surface area contributed by atoms with E-state index >= 15 is 0 Å². The first kappa shape index (κ1) is 23.3. The highest BCUT2D eigenvalue weighted by Gasteiger charge is 2.44. The maximum Gasteiger partial charge on any atom is 0.305 e. The minimum absolute atomic E-state index is 0.00685. The maximum absolute atomic E-state index is 13.8. The van der Waals surface area contributed by atoms with Crippen molar-refractivity contribution >= 4 is 5.97 Å². The monoisotopic (exact) mass is 423 g/mol. The standard InChI is InChI=1S/C24H38FNO4/c1-15(2)26-21-6-4-3-5-20(21)24(16-7-9-17(25)10-8-16)22(26)12-11-18(27)13-19(28)14-23(29)30/h11-12,15-21,27-28H,3-10,13-14H2,1-2H3,(H,29,30)/b12-11+/t16?,17?,18?,19-,20?,21?/m1/s1. The molecule has 3 unspecified atom stereocenters. The molecule has 4 atom stereocenters. The van der Waals surface area contributed by atoms with E-state index in [9.17, 15) is 19.4 Å². The van der Waals surface area contributed by atoms with E-state index in [1.165, 1.54) is 37.0 Å². The lowest BCUT2D eigenvalue weighted by Crippen LogP contribution is -2.40. The molecule has 0 aromatic carbocycles. The summed E-state index contributed by atoms with van der Waals surface area (Å²) in [5, 5.41) is 29.0. The van der Waals surface area contributed by atoms with Crippen LogP contribution in [0.15, 0.2) is 23.4 Å². The van der Waals surface area contributed by atoms with Crippen molar-refractivity contribution in [3.8, 4) is 0 Å². The van der Waals surface area contributed by atoms with E-state index < -0.39 is 24.3 Å². The van der Waals surface area contributed by atoms with Crippen molar-refractivity contribution in [2.45, 2.75) is 109 Å².